The number of aliphatic hydroxyl groups excluding tert-OH is 1. The molecule has 7 nitrogen and oxygen atoms in total. The highest BCUT2D eigenvalue weighted by Gasteiger charge is 2.37. The maximum atomic E-state index is 13.7. The molecule has 1 unspecified atom stereocenters. The van der Waals surface area contributed by atoms with Crippen molar-refractivity contribution < 1.29 is 28.8 Å². The second-order valence-electron chi connectivity index (χ2n) is 7.31. The molecule has 1 saturated heterocycles. The third-order valence-electron chi connectivity index (χ3n) is 5.46. The second kappa shape index (κ2) is 11.1. The molecule has 174 valence electrons. The lowest BCUT2D eigenvalue weighted by atomic mass is 9.94. The van der Waals surface area contributed by atoms with Crippen LogP contribution in [0.3, 0.4) is 0 Å². The first-order valence-electron chi connectivity index (χ1n) is 10.2. The maximum absolute atomic E-state index is 13.7. The number of hydrogen-bond donors (Lipinski definition) is 1. The van der Waals surface area contributed by atoms with E-state index in [0.717, 1.165) is 5.56 Å². The van der Waals surface area contributed by atoms with E-state index in [4.69, 9.17) is 42.1 Å². The monoisotopic (exact) mass is 483 g/mol. The number of nitrogens with zero attached hydrogens (tertiary/aromatic N) is 1. The minimum atomic E-state index is -0.406. The van der Waals surface area contributed by atoms with Gasteiger partial charge < -0.3 is 29.0 Å². The first-order chi connectivity index (χ1) is 15.4. The summed E-state index contributed by atoms with van der Waals surface area (Å²) < 4.78 is 22.2. The molecule has 2 aromatic rings. The Kier molecular flexibility index (Phi) is 8.48. The van der Waals surface area contributed by atoms with Gasteiger partial charge in [-0.2, -0.15) is 0 Å². The third kappa shape index (κ3) is 5.07. The number of amides is 1. The second-order valence-corrected chi connectivity index (χ2v) is 8.12. The molecule has 1 heterocycles. The Morgan fingerprint density at radius 3 is 2.34 bits per heavy atom. The van der Waals surface area contributed by atoms with Crippen molar-refractivity contribution in [1.82, 2.24) is 4.90 Å². The van der Waals surface area contributed by atoms with Crippen LogP contribution in [0.4, 0.5) is 0 Å². The number of benzene rings is 2. The topological polar surface area (TPSA) is 77.5 Å². The van der Waals surface area contributed by atoms with Gasteiger partial charge in [0.25, 0.3) is 5.91 Å². The Labute approximate surface area is 197 Å². The average Bonchev–Trinajstić information content (AvgIpc) is 2.82. The van der Waals surface area contributed by atoms with Crippen molar-refractivity contribution in [3.63, 3.8) is 0 Å². The number of aliphatic hydroxyl groups is 1. The molecule has 2 aromatic carbocycles. The zero-order valence-electron chi connectivity index (χ0n) is 18.3. The molecule has 1 aliphatic heterocycles. The molecular weight excluding hydrogens is 457 g/mol. The summed E-state index contributed by atoms with van der Waals surface area (Å²) in [6, 6.07) is 8.16. The predicted molar refractivity (Wildman–Crippen MR) is 122 cm³/mol. The Bertz CT molecular complexity index is 929. The molecule has 1 amide bonds. The number of methoxy groups -OCH3 is 3. The Morgan fingerprint density at radius 2 is 1.78 bits per heavy atom. The molecule has 32 heavy (non-hydrogen) atoms. The van der Waals surface area contributed by atoms with Crippen molar-refractivity contribution in [3.8, 4) is 17.2 Å². The summed E-state index contributed by atoms with van der Waals surface area (Å²) in [6.07, 6.45) is 0.828. The number of halogens is 2. The summed E-state index contributed by atoms with van der Waals surface area (Å²) in [5, 5.41) is 10.2. The standard InChI is InChI=1S/C23H27Cl2NO6/c1-29-19-12-15(13-20(30-2)22(19)31-3)23(28)26-8-10-32-18(5-4-9-27)21(26)14-6-7-16(24)17(25)11-14/h6-7,11-13,18,21,27H,4-5,8-10H2,1-3H3/t18-,21?/m1/s1. The number of carbonyl (C=O) groups is 1. The van der Waals surface area contributed by atoms with Crippen LogP contribution in [-0.4, -0.2) is 63.1 Å². The molecule has 9 heteroatoms. The van der Waals surface area contributed by atoms with Gasteiger partial charge in [0.2, 0.25) is 5.75 Å². The van der Waals surface area contributed by atoms with Gasteiger partial charge >= 0.3 is 0 Å². The van der Waals surface area contributed by atoms with Crippen LogP contribution >= 0.6 is 23.2 Å². The van der Waals surface area contributed by atoms with Crippen LogP contribution in [-0.2, 0) is 4.74 Å². The number of morpholine rings is 1. The lowest BCUT2D eigenvalue weighted by Gasteiger charge is -2.42. The fourth-order valence-corrected chi connectivity index (χ4v) is 4.26. The molecule has 0 aromatic heterocycles. The van der Waals surface area contributed by atoms with Crippen LogP contribution in [0.1, 0.15) is 34.8 Å². The Hall–Kier alpha value is -2.19. The Balaban J connectivity index is 2.04. The first-order valence-corrected chi connectivity index (χ1v) is 11.0. The normalized spacial score (nSPS) is 18.4. The van der Waals surface area contributed by atoms with E-state index >= 15 is 0 Å². The van der Waals surface area contributed by atoms with Gasteiger partial charge in [-0.05, 0) is 42.7 Å². The minimum Gasteiger partial charge on any atom is -0.493 e. The molecule has 2 atom stereocenters. The average molecular weight is 484 g/mol. The fourth-order valence-electron chi connectivity index (χ4n) is 3.96. The van der Waals surface area contributed by atoms with Crippen LogP contribution in [0.15, 0.2) is 30.3 Å². The number of carbonyl (C=O) groups excluding carboxylic acids is 1. The molecule has 1 aliphatic rings. The number of hydrogen-bond acceptors (Lipinski definition) is 6. The quantitative estimate of drug-likeness (QED) is 0.600. The zero-order valence-corrected chi connectivity index (χ0v) is 19.8. The van der Waals surface area contributed by atoms with E-state index in [0.29, 0.717) is 58.9 Å². The first kappa shape index (κ1) is 24.5. The van der Waals surface area contributed by atoms with Crippen molar-refractivity contribution >= 4 is 29.1 Å². The predicted octanol–water partition coefficient (Wildman–Crippen LogP) is 4.37. The van der Waals surface area contributed by atoms with Crippen molar-refractivity contribution in [3.05, 3.63) is 51.5 Å². The van der Waals surface area contributed by atoms with Gasteiger partial charge in [-0.1, -0.05) is 29.3 Å². The van der Waals surface area contributed by atoms with E-state index < -0.39 is 6.04 Å². The van der Waals surface area contributed by atoms with Gasteiger partial charge in [0.15, 0.2) is 11.5 Å². The highest BCUT2D eigenvalue weighted by Crippen LogP contribution is 2.40. The van der Waals surface area contributed by atoms with Crippen LogP contribution in [0.25, 0.3) is 0 Å². The van der Waals surface area contributed by atoms with Gasteiger partial charge in [0.1, 0.15) is 0 Å². The third-order valence-corrected chi connectivity index (χ3v) is 6.20. The summed E-state index contributed by atoms with van der Waals surface area (Å²) in [5.41, 5.74) is 1.20. The molecule has 3 rings (SSSR count). The number of ether oxygens (including phenoxy) is 4. The van der Waals surface area contributed by atoms with Gasteiger partial charge in [0.05, 0.1) is 50.1 Å². The lowest BCUT2D eigenvalue weighted by Crippen LogP contribution is -2.48. The van der Waals surface area contributed by atoms with Gasteiger partial charge in [-0.3, -0.25) is 4.79 Å². The summed E-state index contributed by atoms with van der Waals surface area (Å²) in [4.78, 5) is 15.5. The lowest BCUT2D eigenvalue weighted by molar-refractivity contribution is -0.0655. The van der Waals surface area contributed by atoms with Gasteiger partial charge in [0, 0.05) is 18.7 Å². The van der Waals surface area contributed by atoms with E-state index in [9.17, 15) is 9.90 Å². The fraction of sp³-hybridized carbons (Fsp3) is 0.435. The largest absolute Gasteiger partial charge is 0.493 e. The van der Waals surface area contributed by atoms with Gasteiger partial charge in [-0.25, -0.2) is 0 Å². The Morgan fingerprint density at radius 1 is 1.09 bits per heavy atom. The SMILES string of the molecule is COc1cc(C(=O)N2CCO[C@H](CCCO)C2c2ccc(Cl)c(Cl)c2)cc(OC)c1OC. The van der Waals surface area contributed by atoms with Crippen LogP contribution in [0.2, 0.25) is 10.0 Å². The summed E-state index contributed by atoms with van der Waals surface area (Å²) in [7, 11) is 4.52. The molecule has 0 saturated carbocycles. The van der Waals surface area contributed by atoms with E-state index in [1.54, 1.807) is 29.2 Å². The molecule has 0 bridgehead atoms. The molecule has 0 radical (unpaired) electrons. The van der Waals surface area contributed by atoms with E-state index in [1.807, 2.05) is 6.07 Å². The van der Waals surface area contributed by atoms with Crippen LogP contribution < -0.4 is 14.2 Å². The molecule has 1 N–H and O–H groups in total. The van der Waals surface area contributed by atoms with Gasteiger partial charge in [-0.15, -0.1) is 0 Å². The van der Waals surface area contributed by atoms with Crippen LogP contribution in [0, 0.1) is 0 Å². The minimum absolute atomic E-state index is 0.0365. The van der Waals surface area contributed by atoms with E-state index in [-0.39, 0.29) is 18.6 Å². The van der Waals surface area contributed by atoms with Crippen molar-refractivity contribution in [2.24, 2.45) is 0 Å². The number of rotatable bonds is 8. The summed E-state index contributed by atoms with van der Waals surface area (Å²) in [5.74, 6) is 0.991. The van der Waals surface area contributed by atoms with E-state index in [2.05, 4.69) is 0 Å². The molecule has 0 aliphatic carbocycles. The molecule has 0 spiro atoms. The smallest absolute Gasteiger partial charge is 0.254 e. The molecule has 1 fully saturated rings. The summed E-state index contributed by atoms with van der Waals surface area (Å²) in [6.45, 7) is 0.800. The van der Waals surface area contributed by atoms with Crippen molar-refractivity contribution in [2.45, 2.75) is 25.0 Å². The van der Waals surface area contributed by atoms with E-state index in [1.165, 1.54) is 21.3 Å². The van der Waals surface area contributed by atoms with Crippen molar-refractivity contribution in [2.75, 3.05) is 41.1 Å². The zero-order chi connectivity index (χ0) is 23.3. The van der Waals surface area contributed by atoms with Crippen molar-refractivity contribution in [1.29, 1.82) is 0 Å². The highest BCUT2D eigenvalue weighted by atomic mass is 35.5. The van der Waals surface area contributed by atoms with Crippen LogP contribution in [0.5, 0.6) is 17.2 Å². The summed E-state index contributed by atoms with van der Waals surface area (Å²) >= 11 is 12.4. The highest BCUT2D eigenvalue weighted by molar-refractivity contribution is 6.42. The maximum Gasteiger partial charge on any atom is 0.254 e. The molecular formula is C23H27Cl2NO6.